The molecule has 0 fully saturated rings. The molecule has 108 valence electrons. The third kappa shape index (κ3) is 2.59. The lowest BCUT2D eigenvalue weighted by Crippen LogP contribution is -2.18. The topological polar surface area (TPSA) is 27.7 Å². The van der Waals surface area contributed by atoms with Crippen LogP contribution in [0.2, 0.25) is 0 Å². The second-order valence-corrected chi connectivity index (χ2v) is 4.99. The second-order valence-electron chi connectivity index (χ2n) is 4.99. The molecule has 3 nitrogen and oxygen atoms in total. The number of methoxy groups -OCH3 is 2. The van der Waals surface area contributed by atoms with Crippen molar-refractivity contribution in [1.82, 2.24) is 0 Å². The van der Waals surface area contributed by atoms with Gasteiger partial charge < -0.3 is 14.2 Å². The van der Waals surface area contributed by atoms with Gasteiger partial charge in [0, 0.05) is 11.6 Å². The van der Waals surface area contributed by atoms with Gasteiger partial charge in [-0.3, -0.25) is 0 Å². The fraction of sp³-hybridized carbons (Fsp3) is 0.222. The minimum atomic E-state index is -0.00185. The van der Waals surface area contributed by atoms with Crippen LogP contribution in [0.15, 0.2) is 42.5 Å². The Labute approximate surface area is 124 Å². The maximum absolute atomic E-state index is 6.02. The van der Waals surface area contributed by atoms with Crippen LogP contribution in [-0.4, -0.2) is 20.3 Å². The molecule has 3 heteroatoms. The van der Waals surface area contributed by atoms with Crippen molar-refractivity contribution in [2.24, 2.45) is 0 Å². The summed E-state index contributed by atoms with van der Waals surface area (Å²) in [7, 11) is 3.33. The number of rotatable bonds is 3. The zero-order valence-electron chi connectivity index (χ0n) is 12.4. The van der Waals surface area contributed by atoms with Gasteiger partial charge in [-0.1, -0.05) is 12.1 Å². The monoisotopic (exact) mass is 282 g/mol. The summed E-state index contributed by atoms with van der Waals surface area (Å²) in [6.45, 7) is 2.05. The highest BCUT2D eigenvalue weighted by Gasteiger charge is 2.20. The predicted molar refractivity (Wildman–Crippen MR) is 83.9 cm³/mol. The van der Waals surface area contributed by atoms with Crippen LogP contribution in [0.25, 0.3) is 11.6 Å². The first-order valence-electron chi connectivity index (χ1n) is 6.92. The van der Waals surface area contributed by atoms with Crippen LogP contribution in [0.3, 0.4) is 0 Å². The first-order chi connectivity index (χ1) is 10.2. The average Bonchev–Trinajstić information content (AvgIpc) is 2.53. The van der Waals surface area contributed by atoms with Crippen molar-refractivity contribution in [2.75, 3.05) is 14.2 Å². The van der Waals surface area contributed by atoms with Gasteiger partial charge in [0.15, 0.2) is 0 Å². The Morgan fingerprint density at radius 3 is 2.24 bits per heavy atom. The van der Waals surface area contributed by atoms with E-state index in [4.69, 9.17) is 14.2 Å². The molecule has 0 amide bonds. The van der Waals surface area contributed by atoms with E-state index in [0.29, 0.717) is 0 Å². The average molecular weight is 282 g/mol. The van der Waals surface area contributed by atoms with Crippen molar-refractivity contribution >= 4 is 11.6 Å². The van der Waals surface area contributed by atoms with Gasteiger partial charge in [-0.2, -0.15) is 0 Å². The lowest BCUT2D eigenvalue weighted by molar-refractivity contribution is 0.273. The molecule has 2 aromatic carbocycles. The first kappa shape index (κ1) is 13.6. The molecular formula is C18H18O3. The van der Waals surface area contributed by atoms with Crippen LogP contribution in [-0.2, 0) is 0 Å². The van der Waals surface area contributed by atoms with Crippen LogP contribution in [0.1, 0.15) is 18.1 Å². The summed E-state index contributed by atoms with van der Waals surface area (Å²) in [5, 5.41) is 0. The zero-order chi connectivity index (χ0) is 14.8. The first-order valence-corrected chi connectivity index (χ1v) is 6.92. The fourth-order valence-corrected chi connectivity index (χ4v) is 2.50. The molecule has 1 aliphatic heterocycles. The largest absolute Gasteiger partial charge is 0.497 e. The number of ether oxygens (including phenoxy) is 3. The lowest BCUT2D eigenvalue weighted by Gasteiger charge is -2.25. The van der Waals surface area contributed by atoms with E-state index >= 15 is 0 Å². The highest BCUT2D eigenvalue weighted by Crippen LogP contribution is 2.36. The minimum Gasteiger partial charge on any atom is -0.497 e. The summed E-state index contributed by atoms with van der Waals surface area (Å²) in [6.07, 6.45) is 2.17. The zero-order valence-corrected chi connectivity index (χ0v) is 12.4. The Kier molecular flexibility index (Phi) is 3.57. The molecule has 21 heavy (non-hydrogen) atoms. The summed E-state index contributed by atoms with van der Waals surface area (Å²) >= 11 is 0. The van der Waals surface area contributed by atoms with E-state index in [0.717, 1.165) is 33.9 Å². The molecule has 3 rings (SSSR count). The summed E-state index contributed by atoms with van der Waals surface area (Å²) in [4.78, 5) is 0. The molecule has 1 heterocycles. The Bertz CT molecular complexity index is 671. The molecule has 0 radical (unpaired) electrons. The van der Waals surface area contributed by atoms with Gasteiger partial charge in [0.2, 0.25) is 0 Å². The SMILES string of the molecule is COc1ccc(C2=Cc3ccc(OC)cc3OC2C)cc1. The molecule has 0 aromatic heterocycles. The molecule has 1 aliphatic rings. The summed E-state index contributed by atoms with van der Waals surface area (Å²) in [5.41, 5.74) is 3.37. The van der Waals surface area contributed by atoms with E-state index in [9.17, 15) is 0 Å². The van der Waals surface area contributed by atoms with E-state index in [-0.39, 0.29) is 6.10 Å². The molecule has 1 atom stereocenters. The maximum atomic E-state index is 6.02. The number of fused-ring (bicyclic) bond motifs is 1. The fourth-order valence-electron chi connectivity index (χ4n) is 2.50. The van der Waals surface area contributed by atoms with Gasteiger partial charge in [-0.15, -0.1) is 0 Å². The van der Waals surface area contributed by atoms with Crippen LogP contribution in [0.5, 0.6) is 17.2 Å². The molecule has 2 aromatic rings. The van der Waals surface area contributed by atoms with Crippen molar-refractivity contribution in [3.8, 4) is 17.2 Å². The molecule has 0 spiro atoms. The van der Waals surface area contributed by atoms with E-state index in [1.165, 1.54) is 0 Å². The number of hydrogen-bond acceptors (Lipinski definition) is 3. The van der Waals surface area contributed by atoms with Crippen molar-refractivity contribution in [3.05, 3.63) is 53.6 Å². The smallest absolute Gasteiger partial charge is 0.131 e. The van der Waals surface area contributed by atoms with Crippen LogP contribution < -0.4 is 14.2 Å². The highest BCUT2D eigenvalue weighted by molar-refractivity contribution is 5.87. The van der Waals surface area contributed by atoms with E-state index in [1.54, 1.807) is 14.2 Å². The second kappa shape index (κ2) is 5.52. The van der Waals surface area contributed by atoms with Crippen LogP contribution >= 0.6 is 0 Å². The van der Waals surface area contributed by atoms with Gasteiger partial charge in [0.1, 0.15) is 23.4 Å². The van der Waals surface area contributed by atoms with E-state index in [1.807, 2.05) is 30.3 Å². The molecular weight excluding hydrogens is 264 g/mol. The van der Waals surface area contributed by atoms with Gasteiger partial charge in [-0.25, -0.2) is 0 Å². The third-order valence-corrected chi connectivity index (χ3v) is 3.70. The van der Waals surface area contributed by atoms with Crippen molar-refractivity contribution in [3.63, 3.8) is 0 Å². The van der Waals surface area contributed by atoms with Crippen molar-refractivity contribution in [2.45, 2.75) is 13.0 Å². The lowest BCUT2D eigenvalue weighted by atomic mass is 9.96. The van der Waals surface area contributed by atoms with Crippen molar-refractivity contribution in [1.29, 1.82) is 0 Å². The normalized spacial score (nSPS) is 16.5. The molecule has 0 aliphatic carbocycles. The van der Waals surface area contributed by atoms with Crippen LogP contribution in [0, 0.1) is 0 Å². The Morgan fingerprint density at radius 1 is 0.905 bits per heavy atom. The van der Waals surface area contributed by atoms with E-state index in [2.05, 4.69) is 25.1 Å². The van der Waals surface area contributed by atoms with Crippen molar-refractivity contribution < 1.29 is 14.2 Å². The number of benzene rings is 2. The summed E-state index contributed by atoms with van der Waals surface area (Å²) in [5.74, 6) is 2.52. The Hall–Kier alpha value is -2.42. The Morgan fingerprint density at radius 2 is 1.57 bits per heavy atom. The number of hydrogen-bond donors (Lipinski definition) is 0. The van der Waals surface area contributed by atoms with E-state index < -0.39 is 0 Å². The van der Waals surface area contributed by atoms with Crippen LogP contribution in [0.4, 0.5) is 0 Å². The minimum absolute atomic E-state index is 0.00185. The molecule has 0 N–H and O–H groups in total. The highest BCUT2D eigenvalue weighted by atomic mass is 16.5. The maximum Gasteiger partial charge on any atom is 0.131 e. The quantitative estimate of drug-likeness (QED) is 0.850. The molecule has 1 unspecified atom stereocenters. The summed E-state index contributed by atoms with van der Waals surface area (Å²) < 4.78 is 16.5. The predicted octanol–water partition coefficient (Wildman–Crippen LogP) is 4.03. The van der Waals surface area contributed by atoms with Gasteiger partial charge in [0.05, 0.1) is 14.2 Å². The summed E-state index contributed by atoms with van der Waals surface area (Å²) in [6, 6.07) is 13.9. The van der Waals surface area contributed by atoms with Gasteiger partial charge in [0.25, 0.3) is 0 Å². The molecule has 0 saturated carbocycles. The molecule has 0 bridgehead atoms. The standard InChI is InChI=1S/C18H18O3/c1-12-17(13-4-7-15(19-2)8-5-13)10-14-6-9-16(20-3)11-18(14)21-12/h4-12H,1-3H3. The third-order valence-electron chi connectivity index (χ3n) is 3.70. The van der Waals surface area contributed by atoms with Gasteiger partial charge in [-0.05, 0) is 48.4 Å². The van der Waals surface area contributed by atoms with Gasteiger partial charge >= 0.3 is 0 Å². The molecule has 0 saturated heterocycles. The Balaban J connectivity index is 1.99.